The smallest absolute Gasteiger partial charge is 0.399 e. The molecule has 1 aromatic heterocycles. The number of hydrogen-bond acceptors (Lipinski definition) is 4. The zero-order chi connectivity index (χ0) is 17.1. The molecule has 0 radical (unpaired) electrons. The summed E-state index contributed by atoms with van der Waals surface area (Å²) in [5, 5.41) is 0. The van der Waals surface area contributed by atoms with Crippen molar-refractivity contribution in [2.24, 2.45) is 17.8 Å². The van der Waals surface area contributed by atoms with Crippen molar-refractivity contribution in [1.82, 2.24) is 4.98 Å². The summed E-state index contributed by atoms with van der Waals surface area (Å²) < 4.78 is 12.2. The number of fused-ring (bicyclic) bond motifs is 1. The van der Waals surface area contributed by atoms with Crippen LogP contribution in [-0.2, 0) is 9.31 Å². The predicted molar refractivity (Wildman–Crippen MR) is 97.5 cm³/mol. The molecule has 2 aliphatic heterocycles. The summed E-state index contributed by atoms with van der Waals surface area (Å²) in [5.41, 5.74) is 0.393. The van der Waals surface area contributed by atoms with Crippen LogP contribution in [0.1, 0.15) is 47.5 Å². The summed E-state index contributed by atoms with van der Waals surface area (Å²) >= 11 is 0. The fourth-order valence-electron chi connectivity index (χ4n) is 4.49. The molecule has 0 bridgehead atoms. The van der Waals surface area contributed by atoms with E-state index in [0.29, 0.717) is 0 Å². The van der Waals surface area contributed by atoms with Crippen molar-refractivity contribution in [1.29, 1.82) is 0 Å². The summed E-state index contributed by atoms with van der Waals surface area (Å²) in [7, 11) is -0.324. The van der Waals surface area contributed by atoms with Gasteiger partial charge in [0.2, 0.25) is 0 Å². The summed E-state index contributed by atoms with van der Waals surface area (Å²) in [6.45, 7) is 13.0. The van der Waals surface area contributed by atoms with Crippen LogP contribution in [0.5, 0.6) is 0 Å². The van der Waals surface area contributed by atoms with Gasteiger partial charge in [-0.25, -0.2) is 4.98 Å². The fraction of sp³-hybridized carbons (Fsp3) is 0.737. The van der Waals surface area contributed by atoms with E-state index in [9.17, 15) is 0 Å². The molecule has 3 aliphatic rings. The lowest BCUT2D eigenvalue weighted by atomic mass is 9.80. The lowest BCUT2D eigenvalue weighted by Crippen LogP contribution is -2.41. The number of anilines is 1. The molecular weight excluding hydrogens is 299 g/mol. The van der Waals surface area contributed by atoms with Crippen LogP contribution >= 0.6 is 0 Å². The van der Waals surface area contributed by atoms with E-state index in [1.54, 1.807) is 0 Å². The van der Waals surface area contributed by atoms with Crippen molar-refractivity contribution in [3.8, 4) is 0 Å². The van der Waals surface area contributed by atoms with Gasteiger partial charge < -0.3 is 14.2 Å². The number of hydrogen-bond donors (Lipinski definition) is 0. The summed E-state index contributed by atoms with van der Waals surface area (Å²) in [4.78, 5) is 7.17. The van der Waals surface area contributed by atoms with E-state index in [-0.39, 0.29) is 18.3 Å². The second-order valence-electron chi connectivity index (χ2n) is 9.04. The van der Waals surface area contributed by atoms with Gasteiger partial charge in [-0.15, -0.1) is 0 Å². The molecule has 2 atom stereocenters. The standard InChI is InChI=1S/C19H29BN2O2/c1-13-8-14-11-22(12-15(14)9-13)17-7-6-16(10-21-17)20-23-18(2,3)19(4,5)24-20/h6-7,10,13-15H,8-9,11-12H2,1-5H3. The second kappa shape index (κ2) is 5.47. The van der Waals surface area contributed by atoms with Gasteiger partial charge >= 0.3 is 7.12 Å². The minimum atomic E-state index is -0.324. The van der Waals surface area contributed by atoms with Crippen molar-refractivity contribution in [3.05, 3.63) is 18.3 Å². The Bertz CT molecular complexity index is 586. The van der Waals surface area contributed by atoms with Crippen molar-refractivity contribution in [3.63, 3.8) is 0 Å². The normalized spacial score (nSPS) is 34.0. The van der Waals surface area contributed by atoms with Gasteiger partial charge in [0, 0.05) is 24.7 Å². The molecule has 3 fully saturated rings. The van der Waals surface area contributed by atoms with Gasteiger partial charge in [0.1, 0.15) is 5.82 Å². The van der Waals surface area contributed by atoms with Crippen LogP contribution in [0.3, 0.4) is 0 Å². The maximum atomic E-state index is 6.11. The fourth-order valence-corrected chi connectivity index (χ4v) is 4.49. The van der Waals surface area contributed by atoms with Crippen molar-refractivity contribution in [2.75, 3.05) is 18.0 Å². The van der Waals surface area contributed by atoms with Crippen molar-refractivity contribution in [2.45, 2.75) is 58.7 Å². The summed E-state index contributed by atoms with van der Waals surface area (Å²) in [5.74, 6) is 3.73. The Morgan fingerprint density at radius 2 is 1.62 bits per heavy atom. The Labute approximate surface area is 146 Å². The van der Waals surface area contributed by atoms with E-state index in [4.69, 9.17) is 14.3 Å². The quantitative estimate of drug-likeness (QED) is 0.782. The number of rotatable bonds is 2. The van der Waals surface area contributed by atoms with Crippen LogP contribution < -0.4 is 10.4 Å². The van der Waals surface area contributed by atoms with Gasteiger partial charge in [-0.1, -0.05) is 13.0 Å². The highest BCUT2D eigenvalue weighted by Crippen LogP contribution is 2.42. The molecule has 4 nitrogen and oxygen atoms in total. The molecule has 0 amide bonds. The largest absolute Gasteiger partial charge is 0.496 e. The average molecular weight is 328 g/mol. The zero-order valence-corrected chi connectivity index (χ0v) is 15.6. The minimum Gasteiger partial charge on any atom is -0.399 e. The van der Waals surface area contributed by atoms with Gasteiger partial charge in [-0.2, -0.15) is 0 Å². The van der Waals surface area contributed by atoms with Crippen LogP contribution in [-0.4, -0.2) is 36.4 Å². The third-order valence-electron chi connectivity index (χ3n) is 6.61. The molecule has 0 aromatic carbocycles. The molecule has 0 spiro atoms. The van der Waals surface area contributed by atoms with Gasteiger partial charge in [-0.3, -0.25) is 0 Å². The van der Waals surface area contributed by atoms with Gasteiger partial charge in [0.05, 0.1) is 11.2 Å². The van der Waals surface area contributed by atoms with Crippen LogP contribution in [0.15, 0.2) is 18.3 Å². The second-order valence-corrected chi connectivity index (χ2v) is 9.04. The van der Waals surface area contributed by atoms with Gasteiger partial charge in [0.15, 0.2) is 0 Å². The Morgan fingerprint density at radius 3 is 2.12 bits per heavy atom. The summed E-state index contributed by atoms with van der Waals surface area (Å²) in [6.07, 6.45) is 4.69. The zero-order valence-electron chi connectivity index (χ0n) is 15.6. The molecule has 1 aromatic rings. The van der Waals surface area contributed by atoms with E-state index in [1.807, 2.05) is 6.20 Å². The lowest BCUT2D eigenvalue weighted by molar-refractivity contribution is 0.00578. The highest BCUT2D eigenvalue weighted by molar-refractivity contribution is 6.62. The molecule has 5 heteroatoms. The van der Waals surface area contributed by atoms with Crippen LogP contribution in [0.4, 0.5) is 5.82 Å². The molecule has 130 valence electrons. The Balaban J connectivity index is 1.45. The van der Waals surface area contributed by atoms with Gasteiger partial charge in [-0.05, 0) is 64.4 Å². The molecule has 3 heterocycles. The highest BCUT2D eigenvalue weighted by Gasteiger charge is 2.51. The van der Waals surface area contributed by atoms with Crippen molar-refractivity contribution >= 4 is 18.4 Å². The first kappa shape index (κ1) is 16.4. The number of nitrogens with zero attached hydrogens (tertiary/aromatic N) is 2. The predicted octanol–water partition coefficient (Wildman–Crippen LogP) is 2.86. The van der Waals surface area contributed by atoms with Crippen LogP contribution in [0.25, 0.3) is 0 Å². The Kier molecular flexibility index (Phi) is 3.74. The van der Waals surface area contributed by atoms with Gasteiger partial charge in [0.25, 0.3) is 0 Å². The van der Waals surface area contributed by atoms with E-state index < -0.39 is 0 Å². The summed E-state index contributed by atoms with van der Waals surface area (Å²) in [6, 6.07) is 4.24. The molecule has 2 saturated heterocycles. The SMILES string of the molecule is CC1CC2CN(c3ccc(B4OC(C)(C)C(C)(C)O4)cn3)CC2C1. The maximum Gasteiger partial charge on any atom is 0.496 e. The first-order valence-electron chi connectivity index (χ1n) is 9.32. The minimum absolute atomic E-state index is 0.306. The molecular formula is C19H29BN2O2. The van der Waals surface area contributed by atoms with Crippen LogP contribution in [0.2, 0.25) is 0 Å². The topological polar surface area (TPSA) is 34.6 Å². The number of pyridine rings is 1. The van der Waals surface area contributed by atoms with E-state index in [2.05, 4.69) is 51.7 Å². The first-order chi connectivity index (χ1) is 11.2. The van der Waals surface area contributed by atoms with Crippen LogP contribution in [0, 0.1) is 17.8 Å². The molecule has 0 N–H and O–H groups in total. The molecule has 2 unspecified atom stereocenters. The molecule has 24 heavy (non-hydrogen) atoms. The highest BCUT2D eigenvalue weighted by atomic mass is 16.7. The molecule has 1 saturated carbocycles. The first-order valence-corrected chi connectivity index (χ1v) is 9.32. The van der Waals surface area contributed by atoms with E-state index in [0.717, 1.165) is 42.1 Å². The monoisotopic (exact) mass is 328 g/mol. The molecule has 4 rings (SSSR count). The molecule has 1 aliphatic carbocycles. The average Bonchev–Trinajstić information content (AvgIpc) is 3.09. The third-order valence-corrected chi connectivity index (χ3v) is 6.61. The maximum absolute atomic E-state index is 6.11. The number of aromatic nitrogens is 1. The third kappa shape index (κ3) is 2.66. The van der Waals surface area contributed by atoms with Crippen molar-refractivity contribution < 1.29 is 9.31 Å². The lowest BCUT2D eigenvalue weighted by Gasteiger charge is -2.32. The van der Waals surface area contributed by atoms with E-state index in [1.165, 1.54) is 12.8 Å². The Hall–Kier alpha value is -1.07. The Morgan fingerprint density at radius 1 is 1.04 bits per heavy atom. The van der Waals surface area contributed by atoms with E-state index >= 15 is 0 Å².